The molecule has 2 aromatic carbocycles. The number of hydrogen-bond donors (Lipinski definition) is 1. The number of aromatic hydroxyl groups is 1. The highest BCUT2D eigenvalue weighted by Crippen LogP contribution is 2.24. The van der Waals surface area contributed by atoms with Gasteiger partial charge in [-0.1, -0.05) is 39.7 Å². The molecule has 0 saturated heterocycles. The van der Waals surface area contributed by atoms with Crippen LogP contribution < -0.4 is 4.74 Å². The van der Waals surface area contributed by atoms with Gasteiger partial charge in [0.05, 0.1) is 0 Å². The van der Waals surface area contributed by atoms with Crippen LogP contribution in [-0.2, 0) is 6.61 Å². The summed E-state index contributed by atoms with van der Waals surface area (Å²) in [5.74, 6) is 0.890. The van der Waals surface area contributed by atoms with Gasteiger partial charge in [0.15, 0.2) is 0 Å². The van der Waals surface area contributed by atoms with E-state index in [1.807, 2.05) is 24.3 Å². The molecule has 0 bridgehead atoms. The summed E-state index contributed by atoms with van der Waals surface area (Å²) in [6.45, 7) is 0.305. The number of rotatable bonds is 3. The van der Waals surface area contributed by atoms with Crippen LogP contribution in [0, 0.1) is 0 Å². The molecule has 0 atom stereocenters. The second-order valence-corrected chi connectivity index (χ2v) is 4.87. The Bertz CT molecular complexity index is 529. The third kappa shape index (κ3) is 3.38. The molecular formula is C13H10BrClO2. The van der Waals surface area contributed by atoms with Crippen LogP contribution >= 0.6 is 27.5 Å². The molecule has 0 aliphatic rings. The lowest BCUT2D eigenvalue weighted by molar-refractivity contribution is 0.299. The molecule has 4 heteroatoms. The number of phenols is 1. The van der Waals surface area contributed by atoms with Crippen LogP contribution in [0.4, 0.5) is 0 Å². The molecule has 0 aromatic heterocycles. The summed E-state index contributed by atoms with van der Waals surface area (Å²) in [5.41, 5.74) is 0.730. The van der Waals surface area contributed by atoms with Crippen molar-refractivity contribution >= 4 is 27.5 Å². The van der Waals surface area contributed by atoms with Gasteiger partial charge >= 0.3 is 0 Å². The fraction of sp³-hybridized carbons (Fsp3) is 0.0769. The maximum absolute atomic E-state index is 9.69. The second-order valence-electron chi connectivity index (χ2n) is 3.52. The smallest absolute Gasteiger partial charge is 0.123 e. The van der Waals surface area contributed by atoms with Crippen molar-refractivity contribution in [2.24, 2.45) is 0 Å². The average Bonchev–Trinajstić information content (AvgIpc) is 2.28. The molecule has 0 radical (unpaired) electrons. The minimum Gasteiger partial charge on any atom is -0.507 e. The van der Waals surface area contributed by atoms with E-state index in [-0.39, 0.29) is 5.75 Å². The summed E-state index contributed by atoms with van der Waals surface area (Å²) in [7, 11) is 0. The van der Waals surface area contributed by atoms with Gasteiger partial charge in [0.1, 0.15) is 18.1 Å². The van der Waals surface area contributed by atoms with Crippen molar-refractivity contribution in [3.63, 3.8) is 0 Å². The van der Waals surface area contributed by atoms with E-state index in [0.29, 0.717) is 17.4 Å². The van der Waals surface area contributed by atoms with Gasteiger partial charge in [0.2, 0.25) is 0 Å². The first kappa shape index (κ1) is 12.3. The molecule has 0 spiro atoms. The number of ether oxygens (including phenoxy) is 1. The van der Waals surface area contributed by atoms with Gasteiger partial charge < -0.3 is 9.84 Å². The van der Waals surface area contributed by atoms with Crippen molar-refractivity contribution in [1.29, 1.82) is 0 Å². The summed E-state index contributed by atoms with van der Waals surface area (Å²) in [5, 5.41) is 10.3. The maximum Gasteiger partial charge on any atom is 0.123 e. The summed E-state index contributed by atoms with van der Waals surface area (Å²) in [4.78, 5) is 0. The number of benzene rings is 2. The van der Waals surface area contributed by atoms with Crippen LogP contribution in [0.2, 0.25) is 5.02 Å². The SMILES string of the molecule is Oc1cc(Br)ccc1COc1cccc(Cl)c1. The average molecular weight is 314 g/mol. The fourth-order valence-corrected chi connectivity index (χ4v) is 1.91. The van der Waals surface area contributed by atoms with Gasteiger partial charge in [-0.25, -0.2) is 0 Å². The highest BCUT2D eigenvalue weighted by atomic mass is 79.9. The van der Waals surface area contributed by atoms with Crippen LogP contribution in [-0.4, -0.2) is 5.11 Å². The molecule has 0 heterocycles. The quantitative estimate of drug-likeness (QED) is 0.911. The van der Waals surface area contributed by atoms with Crippen LogP contribution in [0.15, 0.2) is 46.9 Å². The van der Waals surface area contributed by atoms with Crippen molar-refractivity contribution in [3.8, 4) is 11.5 Å². The highest BCUT2D eigenvalue weighted by Gasteiger charge is 2.03. The molecule has 0 fully saturated rings. The summed E-state index contributed by atoms with van der Waals surface area (Å²) in [6.07, 6.45) is 0. The molecule has 0 unspecified atom stereocenters. The third-order valence-corrected chi connectivity index (χ3v) is 2.97. The third-order valence-electron chi connectivity index (χ3n) is 2.24. The lowest BCUT2D eigenvalue weighted by Crippen LogP contribution is -1.95. The van der Waals surface area contributed by atoms with Crippen molar-refractivity contribution in [2.45, 2.75) is 6.61 Å². The molecule has 0 aliphatic carbocycles. The van der Waals surface area contributed by atoms with E-state index in [2.05, 4.69) is 15.9 Å². The predicted octanol–water partition coefficient (Wildman–Crippen LogP) is 4.39. The van der Waals surface area contributed by atoms with E-state index in [1.54, 1.807) is 18.2 Å². The minimum absolute atomic E-state index is 0.210. The van der Waals surface area contributed by atoms with E-state index in [0.717, 1.165) is 10.0 Å². The Labute approximate surface area is 113 Å². The molecule has 0 amide bonds. The van der Waals surface area contributed by atoms with Gasteiger partial charge in [-0.15, -0.1) is 0 Å². The van der Waals surface area contributed by atoms with Crippen LogP contribution in [0.1, 0.15) is 5.56 Å². The van der Waals surface area contributed by atoms with Gasteiger partial charge in [-0.2, -0.15) is 0 Å². The van der Waals surface area contributed by atoms with Crippen LogP contribution in [0.5, 0.6) is 11.5 Å². The van der Waals surface area contributed by atoms with E-state index in [4.69, 9.17) is 16.3 Å². The molecule has 2 rings (SSSR count). The molecule has 0 saturated carbocycles. The zero-order valence-corrected chi connectivity index (χ0v) is 11.2. The summed E-state index contributed by atoms with van der Waals surface area (Å²) < 4.78 is 6.37. The van der Waals surface area contributed by atoms with Gasteiger partial charge in [0, 0.05) is 15.1 Å². The lowest BCUT2D eigenvalue weighted by atomic mass is 10.2. The van der Waals surface area contributed by atoms with Gasteiger partial charge in [-0.05, 0) is 30.3 Å². The van der Waals surface area contributed by atoms with E-state index < -0.39 is 0 Å². The number of hydrogen-bond acceptors (Lipinski definition) is 2. The summed E-state index contributed by atoms with van der Waals surface area (Å²) >= 11 is 9.13. The Balaban J connectivity index is 2.07. The van der Waals surface area contributed by atoms with Crippen molar-refractivity contribution < 1.29 is 9.84 Å². The number of phenolic OH excluding ortho intramolecular Hbond substituents is 1. The molecule has 1 N–H and O–H groups in total. The first-order chi connectivity index (χ1) is 8.15. The van der Waals surface area contributed by atoms with Crippen molar-refractivity contribution in [3.05, 3.63) is 57.5 Å². The Morgan fingerprint density at radius 1 is 1.18 bits per heavy atom. The Morgan fingerprint density at radius 3 is 2.71 bits per heavy atom. The molecule has 0 aliphatic heterocycles. The number of halogens is 2. The minimum atomic E-state index is 0.210. The second kappa shape index (κ2) is 5.43. The van der Waals surface area contributed by atoms with Gasteiger partial charge in [-0.3, -0.25) is 0 Å². The molecule has 88 valence electrons. The van der Waals surface area contributed by atoms with Gasteiger partial charge in [0.25, 0.3) is 0 Å². The topological polar surface area (TPSA) is 29.5 Å². The molecular weight excluding hydrogens is 303 g/mol. The van der Waals surface area contributed by atoms with Crippen molar-refractivity contribution in [1.82, 2.24) is 0 Å². The molecule has 2 nitrogen and oxygen atoms in total. The highest BCUT2D eigenvalue weighted by molar-refractivity contribution is 9.10. The van der Waals surface area contributed by atoms with Crippen LogP contribution in [0.3, 0.4) is 0 Å². The zero-order chi connectivity index (χ0) is 12.3. The van der Waals surface area contributed by atoms with Crippen LogP contribution in [0.25, 0.3) is 0 Å². The molecule has 2 aromatic rings. The first-order valence-corrected chi connectivity index (χ1v) is 6.18. The van der Waals surface area contributed by atoms with E-state index in [1.165, 1.54) is 0 Å². The van der Waals surface area contributed by atoms with E-state index >= 15 is 0 Å². The zero-order valence-electron chi connectivity index (χ0n) is 8.86. The maximum atomic E-state index is 9.69. The summed E-state index contributed by atoms with van der Waals surface area (Å²) in [6, 6.07) is 12.5. The monoisotopic (exact) mass is 312 g/mol. The van der Waals surface area contributed by atoms with Crippen molar-refractivity contribution in [2.75, 3.05) is 0 Å². The fourth-order valence-electron chi connectivity index (χ4n) is 1.38. The Morgan fingerprint density at radius 2 is 2.00 bits per heavy atom. The first-order valence-electron chi connectivity index (χ1n) is 5.01. The molecule has 17 heavy (non-hydrogen) atoms. The normalized spacial score (nSPS) is 10.2. The Kier molecular flexibility index (Phi) is 3.92. The Hall–Kier alpha value is -1.19. The largest absolute Gasteiger partial charge is 0.507 e. The van der Waals surface area contributed by atoms with E-state index in [9.17, 15) is 5.11 Å². The standard InChI is InChI=1S/C13H10BrClO2/c14-10-5-4-9(13(16)6-10)8-17-12-3-1-2-11(15)7-12/h1-7,16H,8H2. The lowest BCUT2D eigenvalue weighted by Gasteiger charge is -2.08. The predicted molar refractivity (Wildman–Crippen MR) is 71.6 cm³/mol.